The Kier molecular flexibility index (Phi) is 4.71. The molecule has 0 heterocycles. The van der Waals surface area contributed by atoms with Gasteiger partial charge >= 0.3 is 0 Å². The van der Waals surface area contributed by atoms with Gasteiger partial charge < -0.3 is 20.5 Å². The number of nitrogen functional groups attached to an aromatic ring is 1. The van der Waals surface area contributed by atoms with Gasteiger partial charge in [-0.1, -0.05) is 0 Å². The lowest BCUT2D eigenvalue weighted by Gasteiger charge is -2.13. The molecular formula is C16H20N2O2. The zero-order valence-electron chi connectivity index (χ0n) is 11.8. The SMILES string of the molecule is CCOc1ccc(Nc2ccc(N)cc2)cc1OCC. The third kappa shape index (κ3) is 3.57. The lowest BCUT2D eigenvalue weighted by atomic mass is 10.2. The van der Waals surface area contributed by atoms with Crippen molar-refractivity contribution in [3.05, 3.63) is 42.5 Å². The van der Waals surface area contributed by atoms with E-state index in [4.69, 9.17) is 15.2 Å². The summed E-state index contributed by atoms with van der Waals surface area (Å²) in [5, 5.41) is 3.31. The van der Waals surface area contributed by atoms with Gasteiger partial charge in [0.1, 0.15) is 0 Å². The largest absolute Gasteiger partial charge is 0.490 e. The number of hydrogen-bond donors (Lipinski definition) is 2. The minimum absolute atomic E-state index is 0.603. The lowest BCUT2D eigenvalue weighted by molar-refractivity contribution is 0.288. The van der Waals surface area contributed by atoms with Gasteiger partial charge in [-0.2, -0.15) is 0 Å². The standard InChI is InChI=1S/C16H20N2O2/c1-3-19-15-10-9-14(11-16(15)20-4-2)18-13-7-5-12(17)6-8-13/h5-11,18H,3-4,17H2,1-2H3. The summed E-state index contributed by atoms with van der Waals surface area (Å²) in [4.78, 5) is 0. The van der Waals surface area contributed by atoms with Gasteiger partial charge in [0.15, 0.2) is 11.5 Å². The van der Waals surface area contributed by atoms with Crippen LogP contribution in [0.25, 0.3) is 0 Å². The van der Waals surface area contributed by atoms with E-state index in [0.29, 0.717) is 13.2 Å². The van der Waals surface area contributed by atoms with Gasteiger partial charge in [-0.05, 0) is 50.2 Å². The first-order valence-corrected chi connectivity index (χ1v) is 6.75. The summed E-state index contributed by atoms with van der Waals surface area (Å²) in [5.74, 6) is 1.51. The molecule has 0 saturated heterocycles. The van der Waals surface area contributed by atoms with Crippen LogP contribution >= 0.6 is 0 Å². The second-order valence-electron chi connectivity index (χ2n) is 4.27. The van der Waals surface area contributed by atoms with E-state index in [2.05, 4.69) is 5.32 Å². The topological polar surface area (TPSA) is 56.5 Å². The summed E-state index contributed by atoms with van der Waals surface area (Å²) in [6, 6.07) is 13.4. The highest BCUT2D eigenvalue weighted by Crippen LogP contribution is 2.31. The van der Waals surface area contributed by atoms with Crippen LogP contribution in [-0.4, -0.2) is 13.2 Å². The first kappa shape index (κ1) is 14.1. The van der Waals surface area contributed by atoms with Crippen molar-refractivity contribution in [1.82, 2.24) is 0 Å². The molecule has 0 aliphatic carbocycles. The number of nitrogens with two attached hydrogens (primary N) is 1. The van der Waals surface area contributed by atoms with Crippen LogP contribution < -0.4 is 20.5 Å². The maximum absolute atomic E-state index is 5.67. The molecule has 106 valence electrons. The minimum atomic E-state index is 0.603. The average molecular weight is 272 g/mol. The van der Waals surface area contributed by atoms with Gasteiger partial charge in [0.2, 0.25) is 0 Å². The third-order valence-electron chi connectivity index (χ3n) is 2.74. The Labute approximate surface area is 119 Å². The monoisotopic (exact) mass is 272 g/mol. The first-order valence-electron chi connectivity index (χ1n) is 6.75. The normalized spacial score (nSPS) is 10.1. The van der Waals surface area contributed by atoms with E-state index in [1.54, 1.807) is 0 Å². The zero-order chi connectivity index (χ0) is 14.4. The second kappa shape index (κ2) is 6.70. The van der Waals surface area contributed by atoms with Crippen LogP contribution in [0.5, 0.6) is 11.5 Å². The highest BCUT2D eigenvalue weighted by Gasteiger charge is 2.06. The van der Waals surface area contributed by atoms with E-state index in [-0.39, 0.29) is 0 Å². The predicted molar refractivity (Wildman–Crippen MR) is 82.9 cm³/mol. The molecule has 0 bridgehead atoms. The molecule has 0 aliphatic heterocycles. The summed E-state index contributed by atoms with van der Waals surface area (Å²) in [7, 11) is 0. The third-order valence-corrected chi connectivity index (χ3v) is 2.74. The van der Waals surface area contributed by atoms with Crippen molar-refractivity contribution >= 4 is 17.1 Å². The molecule has 0 fully saturated rings. The van der Waals surface area contributed by atoms with E-state index < -0.39 is 0 Å². The molecule has 0 atom stereocenters. The molecule has 0 amide bonds. The van der Waals surface area contributed by atoms with E-state index in [0.717, 1.165) is 28.6 Å². The van der Waals surface area contributed by atoms with Crippen LogP contribution in [-0.2, 0) is 0 Å². The summed E-state index contributed by atoms with van der Waals surface area (Å²) in [6.45, 7) is 5.13. The Hall–Kier alpha value is -2.36. The van der Waals surface area contributed by atoms with Gasteiger partial charge in [0.05, 0.1) is 13.2 Å². The summed E-state index contributed by atoms with van der Waals surface area (Å²) in [5.41, 5.74) is 8.34. The molecule has 2 aromatic rings. The van der Waals surface area contributed by atoms with Crippen LogP contribution in [0.4, 0.5) is 17.1 Å². The lowest BCUT2D eigenvalue weighted by Crippen LogP contribution is -1.99. The predicted octanol–water partition coefficient (Wildman–Crippen LogP) is 3.81. The fourth-order valence-electron chi connectivity index (χ4n) is 1.86. The van der Waals surface area contributed by atoms with Crippen LogP contribution in [0.2, 0.25) is 0 Å². The smallest absolute Gasteiger partial charge is 0.163 e. The van der Waals surface area contributed by atoms with Crippen LogP contribution in [0, 0.1) is 0 Å². The zero-order valence-corrected chi connectivity index (χ0v) is 11.8. The molecule has 0 radical (unpaired) electrons. The number of rotatable bonds is 6. The minimum Gasteiger partial charge on any atom is -0.490 e. The van der Waals surface area contributed by atoms with E-state index in [9.17, 15) is 0 Å². The summed E-state index contributed by atoms with van der Waals surface area (Å²) < 4.78 is 11.1. The molecule has 4 heteroatoms. The number of nitrogens with one attached hydrogen (secondary N) is 1. The van der Waals surface area contributed by atoms with Gasteiger partial charge in [0.25, 0.3) is 0 Å². The van der Waals surface area contributed by atoms with Gasteiger partial charge in [-0.25, -0.2) is 0 Å². The molecule has 0 spiro atoms. The fourth-order valence-corrected chi connectivity index (χ4v) is 1.86. The van der Waals surface area contributed by atoms with Crippen molar-refractivity contribution in [2.75, 3.05) is 24.3 Å². The molecule has 2 aromatic carbocycles. The number of hydrogen-bond acceptors (Lipinski definition) is 4. The Morgan fingerprint density at radius 3 is 2.10 bits per heavy atom. The second-order valence-corrected chi connectivity index (χ2v) is 4.27. The van der Waals surface area contributed by atoms with E-state index in [1.807, 2.05) is 56.3 Å². The average Bonchev–Trinajstić information content (AvgIpc) is 2.45. The van der Waals surface area contributed by atoms with Crippen molar-refractivity contribution < 1.29 is 9.47 Å². The molecule has 3 N–H and O–H groups in total. The Morgan fingerprint density at radius 1 is 0.850 bits per heavy atom. The van der Waals surface area contributed by atoms with Crippen LogP contribution in [0.15, 0.2) is 42.5 Å². The van der Waals surface area contributed by atoms with Crippen molar-refractivity contribution in [3.63, 3.8) is 0 Å². The van der Waals surface area contributed by atoms with Gasteiger partial charge in [0, 0.05) is 23.1 Å². The molecule has 0 aromatic heterocycles. The maximum atomic E-state index is 5.67. The number of ether oxygens (including phenoxy) is 2. The Balaban J connectivity index is 2.19. The maximum Gasteiger partial charge on any atom is 0.163 e. The van der Waals surface area contributed by atoms with E-state index >= 15 is 0 Å². The number of benzene rings is 2. The van der Waals surface area contributed by atoms with Crippen molar-refractivity contribution in [1.29, 1.82) is 0 Å². The molecular weight excluding hydrogens is 252 g/mol. The molecule has 2 rings (SSSR count). The molecule has 20 heavy (non-hydrogen) atoms. The van der Waals surface area contributed by atoms with E-state index in [1.165, 1.54) is 0 Å². The fraction of sp³-hybridized carbons (Fsp3) is 0.250. The highest BCUT2D eigenvalue weighted by molar-refractivity contribution is 5.64. The first-order chi connectivity index (χ1) is 9.72. The van der Waals surface area contributed by atoms with Gasteiger partial charge in [-0.3, -0.25) is 0 Å². The van der Waals surface area contributed by atoms with Crippen molar-refractivity contribution in [2.45, 2.75) is 13.8 Å². The number of anilines is 3. The van der Waals surface area contributed by atoms with Crippen LogP contribution in [0.1, 0.15) is 13.8 Å². The Bertz CT molecular complexity index is 553. The molecule has 4 nitrogen and oxygen atoms in total. The molecule has 0 unspecified atom stereocenters. The molecule has 0 saturated carbocycles. The van der Waals surface area contributed by atoms with Crippen LogP contribution in [0.3, 0.4) is 0 Å². The summed E-state index contributed by atoms with van der Waals surface area (Å²) in [6.07, 6.45) is 0. The van der Waals surface area contributed by atoms with Crippen molar-refractivity contribution in [3.8, 4) is 11.5 Å². The summed E-state index contributed by atoms with van der Waals surface area (Å²) >= 11 is 0. The van der Waals surface area contributed by atoms with Crippen molar-refractivity contribution in [2.24, 2.45) is 0 Å². The molecule has 0 aliphatic rings. The van der Waals surface area contributed by atoms with Gasteiger partial charge in [-0.15, -0.1) is 0 Å². The quantitative estimate of drug-likeness (QED) is 0.785. The highest BCUT2D eigenvalue weighted by atomic mass is 16.5. The Morgan fingerprint density at radius 2 is 1.45 bits per heavy atom.